The molecule has 5 aliphatic rings. The maximum atomic E-state index is 7.30. The molecule has 0 N–H and O–H groups in total. The molecule has 12 heteroatoms. The molecule has 0 amide bonds. The number of ether oxygens (including phenoxy) is 8. The van der Waals surface area contributed by atoms with E-state index in [0.29, 0.717) is 39.1 Å². The molecule has 0 saturated carbocycles. The summed E-state index contributed by atoms with van der Waals surface area (Å²) in [7, 11) is -2.59. The molecule has 3 aromatic rings. The van der Waals surface area contributed by atoms with Gasteiger partial charge in [-0.15, -0.1) is 0 Å². The highest BCUT2D eigenvalue weighted by Gasteiger charge is 2.49. The number of hydrogen-bond acceptors (Lipinski definition) is 10. The molecular formula is C50H70O10Si2. The van der Waals surface area contributed by atoms with E-state index in [4.69, 9.17) is 46.7 Å². The summed E-state index contributed by atoms with van der Waals surface area (Å²) >= 11 is 0. The number of rotatable bonds is 11. The van der Waals surface area contributed by atoms with Crippen molar-refractivity contribution in [2.24, 2.45) is 0 Å². The molecule has 3 saturated heterocycles. The van der Waals surface area contributed by atoms with Crippen LogP contribution in [-0.4, -0.2) is 98.0 Å². The Bertz CT molecular complexity index is 2010. The van der Waals surface area contributed by atoms with Crippen LogP contribution in [0, 0.1) is 0 Å². The summed E-state index contributed by atoms with van der Waals surface area (Å²) in [5.74, 6) is 1.67. The van der Waals surface area contributed by atoms with Gasteiger partial charge >= 0.3 is 0 Å². The zero-order valence-electron chi connectivity index (χ0n) is 38.4. The molecule has 0 aliphatic carbocycles. The van der Waals surface area contributed by atoms with Crippen molar-refractivity contribution in [1.82, 2.24) is 0 Å². The van der Waals surface area contributed by atoms with Crippen molar-refractivity contribution in [3.8, 4) is 5.75 Å². The molecule has 0 spiro atoms. The molecule has 5 heterocycles. The Morgan fingerprint density at radius 2 is 1.53 bits per heavy atom. The van der Waals surface area contributed by atoms with E-state index in [1.165, 1.54) is 16.3 Å². The van der Waals surface area contributed by atoms with Crippen molar-refractivity contribution in [2.75, 3.05) is 20.3 Å². The van der Waals surface area contributed by atoms with E-state index in [1.54, 1.807) is 7.11 Å². The van der Waals surface area contributed by atoms with Gasteiger partial charge in [0.15, 0.2) is 14.6 Å². The molecule has 0 bridgehead atoms. The minimum Gasteiger partial charge on any atom is -0.546 e. The molecule has 3 fully saturated rings. The van der Waals surface area contributed by atoms with Crippen molar-refractivity contribution in [3.05, 3.63) is 102 Å². The molecule has 5 aliphatic heterocycles. The lowest BCUT2D eigenvalue weighted by atomic mass is 9.92. The fourth-order valence-corrected chi connectivity index (χ4v) is 11.3. The lowest BCUT2D eigenvalue weighted by molar-refractivity contribution is -0.269. The van der Waals surface area contributed by atoms with Gasteiger partial charge in [0, 0.05) is 31.4 Å². The second-order valence-electron chi connectivity index (χ2n) is 20.3. The predicted octanol–water partition coefficient (Wildman–Crippen LogP) is 10.6. The van der Waals surface area contributed by atoms with Crippen molar-refractivity contribution >= 4 is 27.4 Å². The quantitative estimate of drug-likeness (QED) is 0.137. The Kier molecular flexibility index (Phi) is 14.2. The first-order valence-electron chi connectivity index (χ1n) is 22.9. The molecular weight excluding hydrogens is 817 g/mol. The van der Waals surface area contributed by atoms with E-state index in [-0.39, 0.29) is 66.1 Å². The zero-order chi connectivity index (χ0) is 43.6. The maximum Gasteiger partial charge on any atom is 0.241 e. The highest BCUT2D eigenvalue weighted by molar-refractivity contribution is 6.74. The van der Waals surface area contributed by atoms with Crippen molar-refractivity contribution in [3.63, 3.8) is 0 Å². The first-order valence-corrected chi connectivity index (χ1v) is 29.2. The van der Waals surface area contributed by atoms with Gasteiger partial charge in [-0.2, -0.15) is 0 Å². The van der Waals surface area contributed by atoms with Gasteiger partial charge in [0.25, 0.3) is 0 Å². The predicted molar refractivity (Wildman–Crippen MR) is 246 cm³/mol. The molecule has 3 aromatic carbocycles. The third-order valence-corrected chi connectivity index (χ3v) is 18.8. The smallest absolute Gasteiger partial charge is 0.241 e. The van der Waals surface area contributed by atoms with Crippen LogP contribution in [0.15, 0.2) is 90.7 Å². The maximum absolute atomic E-state index is 7.30. The van der Waals surface area contributed by atoms with Crippen molar-refractivity contribution in [2.45, 2.75) is 171 Å². The number of methoxy groups -OCH3 is 1. The van der Waals surface area contributed by atoms with Crippen molar-refractivity contribution < 1.29 is 46.7 Å². The van der Waals surface area contributed by atoms with Crippen LogP contribution in [0.5, 0.6) is 5.75 Å². The minimum atomic E-state index is -2.20. The Morgan fingerprint density at radius 1 is 0.758 bits per heavy atom. The molecule has 8 rings (SSSR count). The van der Waals surface area contributed by atoms with Gasteiger partial charge in [0.1, 0.15) is 29.8 Å². The van der Waals surface area contributed by atoms with Gasteiger partial charge in [-0.25, -0.2) is 0 Å². The fraction of sp³-hybridized carbons (Fsp3) is 0.600. The standard InChI is InChI=1S/C50H70O10Si2/c1-50(2,3)62(8,9)60-47-29-43-44(28-38(25-26-52-43)53-31-33-17-18-34-13-10-11-14-36(34)27-33)57-46(47)30-45-42(59-61(5,6)7)24-23-41-39(55-45)15-12-16-40-48(56-41)32-54-49(58-40)35-19-21-37(51-4)22-20-35/h10-14,16-22,24,27,38-41,43-49H,15,23,25-26,28-32H2,1-9H3/b16-12-/t38-,39+,40-,41-,43+,44-,45-,46+,47-,48+,49+/m0/s1. The lowest BCUT2D eigenvalue weighted by Crippen LogP contribution is -2.55. The van der Waals surface area contributed by atoms with Crippen LogP contribution in [0.1, 0.15) is 76.7 Å². The van der Waals surface area contributed by atoms with Crippen LogP contribution in [0.3, 0.4) is 0 Å². The second-order valence-corrected chi connectivity index (χ2v) is 29.5. The molecule has 0 aromatic heterocycles. The normalized spacial score (nSPS) is 32.7. The SMILES string of the molecule is COc1ccc([C@@H]2OC[C@H]3O[C@H]4CC=C(O[Si](C)(C)C)[C@H](C[C@H]5O[C@H]6C[C@@H](OCc7ccc8ccccc8c7)CCO[C@@H]6C[C@@H]5O[Si](C)(C)C(C)(C)C)O[C@@H]4C/C=C\[C@@H]3O2)cc1. The highest BCUT2D eigenvalue weighted by Crippen LogP contribution is 2.43. The van der Waals surface area contributed by atoms with Gasteiger partial charge in [-0.05, 0) is 97.6 Å². The van der Waals surface area contributed by atoms with Gasteiger partial charge in [-0.3, -0.25) is 0 Å². The number of hydrogen-bond donors (Lipinski definition) is 0. The Balaban J connectivity index is 1.00. The van der Waals surface area contributed by atoms with E-state index >= 15 is 0 Å². The van der Waals surface area contributed by atoms with Gasteiger partial charge in [0.2, 0.25) is 8.32 Å². The average molecular weight is 887 g/mol. The number of fused-ring (bicyclic) bond motifs is 4. The molecule has 338 valence electrons. The molecule has 0 unspecified atom stereocenters. The average Bonchev–Trinajstić information content (AvgIpc) is 3.51. The van der Waals surface area contributed by atoms with Crippen LogP contribution in [0.2, 0.25) is 37.8 Å². The third-order valence-electron chi connectivity index (χ3n) is 13.4. The largest absolute Gasteiger partial charge is 0.546 e. The Morgan fingerprint density at radius 3 is 2.29 bits per heavy atom. The van der Waals surface area contributed by atoms with E-state index < -0.39 is 22.9 Å². The summed E-state index contributed by atoms with van der Waals surface area (Å²) in [6.45, 7) is 19.8. The van der Waals surface area contributed by atoms with Crippen molar-refractivity contribution in [1.29, 1.82) is 0 Å². The highest BCUT2D eigenvalue weighted by atomic mass is 28.4. The molecule has 0 radical (unpaired) electrons. The van der Waals surface area contributed by atoms with Crippen LogP contribution >= 0.6 is 0 Å². The third kappa shape index (κ3) is 11.1. The summed E-state index contributed by atoms with van der Waals surface area (Å²) in [4.78, 5) is 0. The van der Waals surface area contributed by atoms with Crippen LogP contribution in [0.25, 0.3) is 10.8 Å². The first-order chi connectivity index (χ1) is 29.6. The van der Waals surface area contributed by atoms with E-state index in [0.717, 1.165) is 36.3 Å². The zero-order valence-corrected chi connectivity index (χ0v) is 40.4. The van der Waals surface area contributed by atoms with E-state index in [2.05, 4.69) is 114 Å². The topological polar surface area (TPSA) is 92.3 Å². The van der Waals surface area contributed by atoms with Gasteiger partial charge < -0.3 is 46.7 Å². The summed E-state index contributed by atoms with van der Waals surface area (Å²) in [5, 5.41) is 2.49. The van der Waals surface area contributed by atoms with Gasteiger partial charge in [-0.1, -0.05) is 81.5 Å². The minimum absolute atomic E-state index is 0.0115. The van der Waals surface area contributed by atoms with Crippen LogP contribution < -0.4 is 4.74 Å². The van der Waals surface area contributed by atoms with Crippen LogP contribution in [0.4, 0.5) is 0 Å². The molecule has 11 atom stereocenters. The first kappa shape index (κ1) is 45.7. The number of benzene rings is 3. The summed E-state index contributed by atoms with van der Waals surface area (Å²) in [6.07, 6.45) is 8.42. The molecule has 10 nitrogen and oxygen atoms in total. The molecule has 62 heavy (non-hydrogen) atoms. The fourth-order valence-electron chi connectivity index (χ4n) is 9.04. The monoisotopic (exact) mass is 886 g/mol. The second kappa shape index (κ2) is 19.3. The lowest BCUT2D eigenvalue weighted by Gasteiger charge is -2.47. The van der Waals surface area contributed by atoms with E-state index in [1.807, 2.05) is 24.3 Å². The summed E-state index contributed by atoms with van der Waals surface area (Å²) < 4.78 is 67.0. The van der Waals surface area contributed by atoms with E-state index in [9.17, 15) is 0 Å². The summed E-state index contributed by atoms with van der Waals surface area (Å²) in [6, 6.07) is 22.9. The Hall–Kier alpha value is -2.89. The Labute approximate surface area is 371 Å². The summed E-state index contributed by atoms with van der Waals surface area (Å²) in [5.41, 5.74) is 2.12. The van der Waals surface area contributed by atoms with Gasteiger partial charge in [0.05, 0.1) is 63.1 Å². The van der Waals surface area contributed by atoms with Crippen LogP contribution in [-0.2, 0) is 48.6 Å².